The summed E-state index contributed by atoms with van der Waals surface area (Å²) in [4.78, 5) is 26.4. The summed E-state index contributed by atoms with van der Waals surface area (Å²) in [6, 6.07) is 2.42. The number of amides is 1. The molecule has 0 radical (unpaired) electrons. The number of hydrogen-bond donors (Lipinski definition) is 2. The molecule has 1 rings (SSSR count). The van der Waals surface area contributed by atoms with Crippen LogP contribution in [-0.2, 0) is 9.53 Å². The predicted molar refractivity (Wildman–Crippen MR) is 73.7 cm³/mol. The third-order valence-corrected chi connectivity index (χ3v) is 2.54. The van der Waals surface area contributed by atoms with Crippen LogP contribution in [0.25, 0.3) is 0 Å². The van der Waals surface area contributed by atoms with Crippen LogP contribution in [0.4, 0.5) is 4.79 Å². The number of pyridine rings is 1. The Labute approximate surface area is 121 Å². The summed E-state index contributed by atoms with van der Waals surface area (Å²) < 4.78 is 4.78. The van der Waals surface area contributed by atoms with E-state index in [1.165, 1.54) is 12.1 Å². The van der Waals surface area contributed by atoms with Crippen LogP contribution in [0.2, 0.25) is 5.15 Å². The fourth-order valence-electron chi connectivity index (χ4n) is 1.60. The molecule has 0 saturated carbocycles. The highest BCUT2D eigenvalue weighted by atomic mass is 35.5. The average Bonchev–Trinajstić information content (AvgIpc) is 2.33. The molecule has 1 heterocycles. The number of carboxylic acid groups (broad SMARTS) is 1. The Morgan fingerprint density at radius 3 is 2.85 bits per heavy atom. The first-order valence-electron chi connectivity index (χ1n) is 5.82. The van der Waals surface area contributed by atoms with Crippen LogP contribution < -0.4 is 5.32 Å². The van der Waals surface area contributed by atoms with Gasteiger partial charge in [-0.3, -0.25) is 4.79 Å². The minimum Gasteiger partial charge on any atom is -0.481 e. The summed E-state index contributed by atoms with van der Waals surface area (Å²) in [7, 11) is 0. The van der Waals surface area contributed by atoms with Crippen LogP contribution in [0.15, 0.2) is 24.8 Å². The zero-order valence-electron chi connectivity index (χ0n) is 10.9. The SMILES string of the molecule is C=CCOC(=O)NC(CC(=O)O)c1cc(C)nc(Cl)c1. The molecule has 20 heavy (non-hydrogen) atoms. The van der Waals surface area contributed by atoms with E-state index in [1.54, 1.807) is 13.0 Å². The highest BCUT2D eigenvalue weighted by Gasteiger charge is 2.19. The molecule has 2 N–H and O–H groups in total. The number of nitrogens with zero attached hydrogens (tertiary/aromatic N) is 1. The standard InChI is InChI=1S/C13H15ClN2O4/c1-3-4-20-13(19)16-10(7-12(17)18)9-5-8(2)15-11(14)6-9/h3,5-6,10H,1,4,7H2,2H3,(H,16,19)(H,17,18). The molecular weight excluding hydrogens is 284 g/mol. The van der Waals surface area contributed by atoms with Gasteiger partial charge in [0.25, 0.3) is 0 Å². The molecule has 0 aliphatic carbocycles. The summed E-state index contributed by atoms with van der Waals surface area (Å²) >= 11 is 5.84. The number of halogens is 1. The maximum Gasteiger partial charge on any atom is 0.407 e. The fourth-order valence-corrected chi connectivity index (χ4v) is 1.86. The van der Waals surface area contributed by atoms with Crippen molar-refractivity contribution >= 4 is 23.7 Å². The number of carboxylic acids is 1. The lowest BCUT2D eigenvalue weighted by molar-refractivity contribution is -0.137. The van der Waals surface area contributed by atoms with E-state index < -0.39 is 18.1 Å². The van der Waals surface area contributed by atoms with Crippen molar-refractivity contribution in [3.63, 3.8) is 0 Å². The summed E-state index contributed by atoms with van der Waals surface area (Å²) in [5, 5.41) is 11.6. The third-order valence-electron chi connectivity index (χ3n) is 2.35. The molecule has 6 nitrogen and oxygen atoms in total. The number of aryl methyl sites for hydroxylation is 1. The number of carbonyl (C=O) groups excluding carboxylic acids is 1. The number of carbonyl (C=O) groups is 2. The van der Waals surface area contributed by atoms with Gasteiger partial charge in [0.15, 0.2) is 0 Å². The second kappa shape index (κ2) is 7.49. The highest BCUT2D eigenvalue weighted by Crippen LogP contribution is 2.21. The Hall–Kier alpha value is -2.08. The summed E-state index contributed by atoms with van der Waals surface area (Å²) in [6.07, 6.45) is 0.407. The van der Waals surface area contributed by atoms with Crippen LogP contribution in [0.3, 0.4) is 0 Å². The van der Waals surface area contributed by atoms with Crippen molar-refractivity contribution in [1.29, 1.82) is 0 Å². The third kappa shape index (κ3) is 5.27. The fraction of sp³-hybridized carbons (Fsp3) is 0.308. The Morgan fingerprint density at radius 2 is 2.30 bits per heavy atom. The predicted octanol–water partition coefficient (Wildman–Crippen LogP) is 2.47. The lowest BCUT2D eigenvalue weighted by Gasteiger charge is -2.17. The van der Waals surface area contributed by atoms with Gasteiger partial charge in [-0.1, -0.05) is 24.3 Å². The first kappa shape index (κ1) is 16.0. The topological polar surface area (TPSA) is 88.5 Å². The monoisotopic (exact) mass is 298 g/mol. The molecule has 1 aromatic rings. The number of ether oxygens (including phenoxy) is 1. The lowest BCUT2D eigenvalue weighted by atomic mass is 10.0. The van der Waals surface area contributed by atoms with Crippen LogP contribution in [-0.4, -0.2) is 28.8 Å². The van der Waals surface area contributed by atoms with Gasteiger partial charge < -0.3 is 15.2 Å². The molecule has 7 heteroatoms. The zero-order chi connectivity index (χ0) is 15.1. The van der Waals surface area contributed by atoms with Gasteiger partial charge in [0.05, 0.1) is 12.5 Å². The van der Waals surface area contributed by atoms with E-state index in [2.05, 4.69) is 16.9 Å². The van der Waals surface area contributed by atoms with Gasteiger partial charge in [0.1, 0.15) is 11.8 Å². The quantitative estimate of drug-likeness (QED) is 0.622. The first-order valence-corrected chi connectivity index (χ1v) is 6.20. The van der Waals surface area contributed by atoms with Crippen molar-refractivity contribution in [1.82, 2.24) is 10.3 Å². The van der Waals surface area contributed by atoms with Gasteiger partial charge in [-0.15, -0.1) is 0 Å². The second-order valence-corrected chi connectivity index (χ2v) is 4.43. The number of hydrogen-bond acceptors (Lipinski definition) is 4. The Morgan fingerprint density at radius 1 is 1.60 bits per heavy atom. The average molecular weight is 299 g/mol. The van der Waals surface area contributed by atoms with E-state index in [4.69, 9.17) is 21.4 Å². The highest BCUT2D eigenvalue weighted by molar-refractivity contribution is 6.29. The van der Waals surface area contributed by atoms with Crippen molar-refractivity contribution in [2.24, 2.45) is 0 Å². The van der Waals surface area contributed by atoms with Gasteiger partial charge in [-0.2, -0.15) is 0 Å². The molecule has 1 aromatic heterocycles. The van der Waals surface area contributed by atoms with E-state index in [9.17, 15) is 9.59 Å². The number of aliphatic carboxylic acids is 1. The molecular formula is C13H15ClN2O4. The van der Waals surface area contributed by atoms with Crippen molar-refractivity contribution in [2.45, 2.75) is 19.4 Å². The second-order valence-electron chi connectivity index (χ2n) is 4.05. The van der Waals surface area contributed by atoms with E-state index in [-0.39, 0.29) is 18.2 Å². The van der Waals surface area contributed by atoms with Gasteiger partial charge in [-0.05, 0) is 24.6 Å². The van der Waals surface area contributed by atoms with Crippen LogP contribution >= 0.6 is 11.6 Å². The first-order chi connectivity index (χ1) is 9.42. The summed E-state index contributed by atoms with van der Waals surface area (Å²) in [5.41, 5.74) is 1.18. The van der Waals surface area contributed by atoms with Gasteiger partial charge >= 0.3 is 12.1 Å². The Bertz CT molecular complexity index is 499. The number of alkyl carbamates (subject to hydrolysis) is 1. The van der Waals surface area contributed by atoms with Crippen LogP contribution in [0.5, 0.6) is 0 Å². The van der Waals surface area contributed by atoms with Crippen LogP contribution in [0, 0.1) is 6.92 Å². The molecule has 0 bridgehead atoms. The molecule has 1 unspecified atom stereocenters. The number of aromatic nitrogens is 1. The van der Waals surface area contributed by atoms with Gasteiger partial charge in [-0.25, -0.2) is 9.78 Å². The lowest BCUT2D eigenvalue weighted by Crippen LogP contribution is -2.31. The molecule has 1 amide bonds. The largest absolute Gasteiger partial charge is 0.481 e. The van der Waals surface area contributed by atoms with Crippen molar-refractivity contribution in [3.8, 4) is 0 Å². The van der Waals surface area contributed by atoms with Crippen molar-refractivity contribution < 1.29 is 19.4 Å². The molecule has 0 saturated heterocycles. The van der Waals surface area contributed by atoms with Crippen LogP contribution in [0.1, 0.15) is 23.7 Å². The summed E-state index contributed by atoms with van der Waals surface area (Å²) in [6.45, 7) is 5.19. The molecule has 0 aliphatic heterocycles. The summed E-state index contributed by atoms with van der Waals surface area (Å²) in [5.74, 6) is -1.05. The minimum absolute atomic E-state index is 0.0434. The van der Waals surface area contributed by atoms with Gasteiger partial charge in [0.2, 0.25) is 0 Å². The van der Waals surface area contributed by atoms with E-state index in [1.807, 2.05) is 0 Å². The zero-order valence-corrected chi connectivity index (χ0v) is 11.7. The van der Waals surface area contributed by atoms with Crippen molar-refractivity contribution in [2.75, 3.05) is 6.61 Å². The Kier molecular flexibility index (Phi) is 5.99. The number of rotatable bonds is 6. The molecule has 0 aliphatic rings. The normalized spacial score (nSPS) is 11.5. The van der Waals surface area contributed by atoms with E-state index in [0.29, 0.717) is 11.3 Å². The van der Waals surface area contributed by atoms with E-state index in [0.717, 1.165) is 0 Å². The molecule has 0 fully saturated rings. The number of nitrogens with one attached hydrogen (secondary N) is 1. The van der Waals surface area contributed by atoms with Crippen molar-refractivity contribution in [3.05, 3.63) is 41.2 Å². The minimum atomic E-state index is -1.05. The smallest absolute Gasteiger partial charge is 0.407 e. The molecule has 108 valence electrons. The maximum atomic E-state index is 11.5. The van der Waals surface area contributed by atoms with Gasteiger partial charge in [0, 0.05) is 5.69 Å². The molecule has 1 atom stereocenters. The maximum absolute atomic E-state index is 11.5. The molecule has 0 spiro atoms. The Balaban J connectivity index is 2.90. The van der Waals surface area contributed by atoms with E-state index >= 15 is 0 Å². The molecule has 0 aromatic carbocycles.